The highest BCUT2D eigenvalue weighted by Crippen LogP contribution is 2.13. The van der Waals surface area contributed by atoms with E-state index in [1.54, 1.807) is 23.5 Å². The Morgan fingerprint density at radius 1 is 1.35 bits per heavy atom. The monoisotopic (exact) mass is 246 g/mol. The highest BCUT2D eigenvalue weighted by molar-refractivity contribution is 5.89. The van der Waals surface area contributed by atoms with Crippen molar-refractivity contribution >= 4 is 11.7 Å². The van der Waals surface area contributed by atoms with E-state index >= 15 is 0 Å². The molecule has 0 aromatic heterocycles. The van der Waals surface area contributed by atoms with Crippen LogP contribution in [0.5, 0.6) is 0 Å². The predicted octanol–water partition coefficient (Wildman–Crippen LogP) is 2.93. The van der Waals surface area contributed by atoms with E-state index < -0.39 is 18.8 Å². The van der Waals surface area contributed by atoms with Crippen LogP contribution in [0.3, 0.4) is 0 Å². The van der Waals surface area contributed by atoms with Gasteiger partial charge in [-0.2, -0.15) is 13.2 Å². The van der Waals surface area contributed by atoms with Crippen LogP contribution in [-0.4, -0.2) is 18.8 Å². The maximum atomic E-state index is 11.8. The standard InChI is InChI=1S/C11H13F3N2O/c1-2-8-4-3-5-9(6-8)16-10(17)15-7-11(12,13)14/h3-6H,2,7H2,1H3,(H2,15,16,17). The van der Waals surface area contributed by atoms with E-state index in [-0.39, 0.29) is 0 Å². The third-order valence-corrected chi connectivity index (χ3v) is 2.04. The van der Waals surface area contributed by atoms with E-state index in [4.69, 9.17) is 0 Å². The van der Waals surface area contributed by atoms with E-state index in [2.05, 4.69) is 5.32 Å². The summed E-state index contributed by atoms with van der Waals surface area (Å²) in [5.41, 5.74) is 1.47. The molecule has 0 saturated carbocycles. The van der Waals surface area contributed by atoms with Gasteiger partial charge in [-0.05, 0) is 24.1 Å². The van der Waals surface area contributed by atoms with Gasteiger partial charge < -0.3 is 10.6 Å². The van der Waals surface area contributed by atoms with Crippen molar-refractivity contribution in [2.45, 2.75) is 19.5 Å². The van der Waals surface area contributed by atoms with Crippen LogP contribution in [0, 0.1) is 0 Å². The number of amides is 2. The fraction of sp³-hybridized carbons (Fsp3) is 0.364. The highest BCUT2D eigenvalue weighted by atomic mass is 19.4. The van der Waals surface area contributed by atoms with Gasteiger partial charge in [-0.1, -0.05) is 19.1 Å². The Kier molecular flexibility index (Phi) is 4.37. The number of urea groups is 1. The smallest absolute Gasteiger partial charge is 0.329 e. The van der Waals surface area contributed by atoms with Gasteiger partial charge in [-0.15, -0.1) is 0 Å². The summed E-state index contributed by atoms with van der Waals surface area (Å²) in [7, 11) is 0. The van der Waals surface area contributed by atoms with Crippen LogP contribution in [0.4, 0.5) is 23.7 Å². The molecule has 1 aromatic rings. The molecule has 0 unspecified atom stereocenters. The van der Waals surface area contributed by atoms with E-state index in [1.807, 2.05) is 13.0 Å². The zero-order valence-electron chi connectivity index (χ0n) is 9.27. The van der Waals surface area contributed by atoms with Crippen molar-refractivity contribution in [3.63, 3.8) is 0 Å². The lowest BCUT2D eigenvalue weighted by Crippen LogP contribution is -2.36. The highest BCUT2D eigenvalue weighted by Gasteiger charge is 2.27. The molecule has 2 amide bonds. The van der Waals surface area contributed by atoms with Crippen molar-refractivity contribution in [3.05, 3.63) is 29.8 Å². The Hall–Kier alpha value is -1.72. The summed E-state index contributed by atoms with van der Waals surface area (Å²) in [6, 6.07) is 6.08. The van der Waals surface area contributed by atoms with Gasteiger partial charge in [0.15, 0.2) is 0 Å². The number of nitrogens with one attached hydrogen (secondary N) is 2. The van der Waals surface area contributed by atoms with E-state index in [0.29, 0.717) is 5.69 Å². The summed E-state index contributed by atoms with van der Waals surface area (Å²) in [5.74, 6) is 0. The lowest BCUT2D eigenvalue weighted by molar-refractivity contribution is -0.122. The lowest BCUT2D eigenvalue weighted by atomic mass is 10.1. The van der Waals surface area contributed by atoms with Gasteiger partial charge in [-0.25, -0.2) is 4.79 Å². The largest absolute Gasteiger partial charge is 0.405 e. The molecule has 0 atom stereocenters. The quantitative estimate of drug-likeness (QED) is 0.845. The molecule has 0 saturated heterocycles. The average Bonchev–Trinajstić information content (AvgIpc) is 2.26. The number of aryl methyl sites for hydroxylation is 1. The molecule has 0 radical (unpaired) electrons. The lowest BCUT2D eigenvalue weighted by Gasteiger charge is -2.10. The van der Waals surface area contributed by atoms with Crippen molar-refractivity contribution in [3.8, 4) is 0 Å². The summed E-state index contributed by atoms with van der Waals surface area (Å²) in [5, 5.41) is 4.07. The van der Waals surface area contributed by atoms with Gasteiger partial charge in [-0.3, -0.25) is 0 Å². The van der Waals surface area contributed by atoms with Gasteiger partial charge in [0.05, 0.1) is 0 Å². The van der Waals surface area contributed by atoms with Crippen LogP contribution in [0.15, 0.2) is 24.3 Å². The topological polar surface area (TPSA) is 41.1 Å². The molecule has 0 aliphatic rings. The van der Waals surface area contributed by atoms with Crippen molar-refractivity contribution < 1.29 is 18.0 Å². The van der Waals surface area contributed by atoms with E-state index in [9.17, 15) is 18.0 Å². The second kappa shape index (κ2) is 5.56. The summed E-state index contributed by atoms with van der Waals surface area (Å²) < 4.78 is 35.5. The zero-order chi connectivity index (χ0) is 12.9. The molecule has 0 spiro atoms. The first-order valence-corrected chi connectivity index (χ1v) is 5.11. The number of carbonyl (C=O) groups is 1. The molecular formula is C11H13F3N2O. The molecule has 0 aliphatic heterocycles. The Bertz CT molecular complexity index is 391. The first-order chi connectivity index (χ1) is 7.90. The van der Waals surface area contributed by atoms with Crippen molar-refractivity contribution in [1.82, 2.24) is 5.32 Å². The number of benzene rings is 1. The number of halogens is 3. The maximum absolute atomic E-state index is 11.8. The molecule has 0 fully saturated rings. The number of carbonyl (C=O) groups excluding carboxylic acids is 1. The second-order valence-electron chi connectivity index (χ2n) is 3.48. The van der Waals surface area contributed by atoms with Gasteiger partial charge >= 0.3 is 12.2 Å². The summed E-state index contributed by atoms with van der Waals surface area (Å²) in [6.45, 7) is 0.606. The molecule has 6 heteroatoms. The van der Waals surface area contributed by atoms with Gasteiger partial charge in [0.2, 0.25) is 0 Å². The SMILES string of the molecule is CCc1cccc(NC(=O)NCC(F)(F)F)c1. The van der Waals surface area contributed by atoms with Crippen LogP contribution >= 0.6 is 0 Å². The van der Waals surface area contributed by atoms with E-state index in [0.717, 1.165) is 12.0 Å². The number of hydrogen-bond donors (Lipinski definition) is 2. The molecular weight excluding hydrogens is 233 g/mol. The van der Waals surface area contributed by atoms with Gasteiger partial charge in [0.25, 0.3) is 0 Å². The van der Waals surface area contributed by atoms with E-state index in [1.165, 1.54) is 0 Å². The first kappa shape index (κ1) is 13.3. The minimum Gasteiger partial charge on any atom is -0.329 e. The third kappa shape index (κ3) is 5.24. The molecule has 3 nitrogen and oxygen atoms in total. The number of rotatable bonds is 3. The molecule has 0 bridgehead atoms. The van der Waals surface area contributed by atoms with Crippen molar-refractivity contribution in [2.24, 2.45) is 0 Å². The fourth-order valence-corrected chi connectivity index (χ4v) is 1.22. The maximum Gasteiger partial charge on any atom is 0.405 e. The Balaban J connectivity index is 2.50. The molecule has 0 aliphatic carbocycles. The van der Waals surface area contributed by atoms with Gasteiger partial charge in [0, 0.05) is 5.69 Å². The molecule has 1 rings (SSSR count). The van der Waals surface area contributed by atoms with Crippen molar-refractivity contribution in [1.29, 1.82) is 0 Å². The Labute approximate surface area is 97.0 Å². The molecule has 17 heavy (non-hydrogen) atoms. The predicted molar refractivity (Wildman–Crippen MR) is 58.9 cm³/mol. The summed E-state index contributed by atoms with van der Waals surface area (Å²) in [6.07, 6.45) is -3.61. The van der Waals surface area contributed by atoms with Crippen LogP contribution in [0.1, 0.15) is 12.5 Å². The van der Waals surface area contributed by atoms with Crippen LogP contribution < -0.4 is 10.6 Å². The average molecular weight is 246 g/mol. The third-order valence-electron chi connectivity index (χ3n) is 2.04. The minimum absolute atomic E-state index is 0.476. The summed E-state index contributed by atoms with van der Waals surface area (Å²) in [4.78, 5) is 11.1. The van der Waals surface area contributed by atoms with Crippen molar-refractivity contribution in [2.75, 3.05) is 11.9 Å². The Morgan fingerprint density at radius 2 is 2.06 bits per heavy atom. The van der Waals surface area contributed by atoms with Crippen LogP contribution in [0.2, 0.25) is 0 Å². The van der Waals surface area contributed by atoms with Crippen LogP contribution in [0.25, 0.3) is 0 Å². The molecule has 0 heterocycles. The normalized spacial score (nSPS) is 11.1. The second-order valence-corrected chi connectivity index (χ2v) is 3.48. The zero-order valence-corrected chi connectivity index (χ0v) is 9.27. The van der Waals surface area contributed by atoms with Gasteiger partial charge in [0.1, 0.15) is 6.54 Å². The van der Waals surface area contributed by atoms with Crippen LogP contribution in [-0.2, 0) is 6.42 Å². The molecule has 94 valence electrons. The number of alkyl halides is 3. The molecule has 1 aromatic carbocycles. The minimum atomic E-state index is -4.40. The Morgan fingerprint density at radius 3 is 2.65 bits per heavy atom. The number of anilines is 1. The molecule has 2 N–H and O–H groups in total. The fourth-order valence-electron chi connectivity index (χ4n) is 1.22. The first-order valence-electron chi connectivity index (χ1n) is 5.11. The summed E-state index contributed by atoms with van der Waals surface area (Å²) >= 11 is 0. The number of hydrogen-bond acceptors (Lipinski definition) is 1.